The molecule has 0 aliphatic carbocycles. The molecule has 2 aromatic rings. The van der Waals surface area contributed by atoms with Gasteiger partial charge in [-0.1, -0.05) is 12.1 Å². The van der Waals surface area contributed by atoms with Crippen LogP contribution >= 0.6 is 0 Å². The molecular formula is C13H11F2N3. The maximum Gasteiger partial charge on any atom is 0.182 e. The number of allylic oxidation sites excluding steroid dienone is 1. The number of nitrogen functional groups attached to an aromatic ring is 1. The number of fused-ring (bicyclic) bond motifs is 1. The number of nitrogens with two attached hydrogens (primary N) is 1. The van der Waals surface area contributed by atoms with Gasteiger partial charge in [-0.2, -0.15) is 0 Å². The van der Waals surface area contributed by atoms with Gasteiger partial charge in [0.15, 0.2) is 11.6 Å². The quantitative estimate of drug-likeness (QED) is 0.786. The Morgan fingerprint density at radius 1 is 1.17 bits per heavy atom. The van der Waals surface area contributed by atoms with Crippen molar-refractivity contribution in [2.24, 2.45) is 0 Å². The predicted octanol–water partition coefficient (Wildman–Crippen LogP) is 2.69. The van der Waals surface area contributed by atoms with Gasteiger partial charge in [-0.05, 0) is 24.6 Å². The lowest BCUT2D eigenvalue weighted by Gasteiger charge is -2.25. The first-order valence-electron chi connectivity index (χ1n) is 5.53. The van der Waals surface area contributed by atoms with E-state index in [1.807, 2.05) is 12.1 Å². The third kappa shape index (κ3) is 1.48. The topological polar surface area (TPSA) is 34.2 Å². The lowest BCUT2D eigenvalue weighted by Crippen LogP contribution is -2.22. The van der Waals surface area contributed by atoms with Gasteiger partial charge in [0, 0.05) is 18.0 Å². The Morgan fingerprint density at radius 2 is 2.00 bits per heavy atom. The number of halogens is 2. The average Bonchev–Trinajstić information content (AvgIpc) is 2.75. The van der Waals surface area contributed by atoms with Crippen LogP contribution in [-0.4, -0.2) is 4.68 Å². The summed E-state index contributed by atoms with van der Waals surface area (Å²) >= 11 is 0. The standard InChI is InChI=1S/C13H11F2N3/c14-10-4-1-5-11(12(10)15)17-7-2-3-9-6-8-18(16)13(9)17/h1-2,4-8H,3,16H2. The molecule has 0 fully saturated rings. The number of hydrogen-bond donors (Lipinski definition) is 1. The number of benzene rings is 1. The van der Waals surface area contributed by atoms with Gasteiger partial charge in [0.05, 0.1) is 5.69 Å². The number of rotatable bonds is 1. The van der Waals surface area contributed by atoms with Gasteiger partial charge in [-0.3, -0.25) is 9.58 Å². The van der Waals surface area contributed by atoms with Gasteiger partial charge in [0.1, 0.15) is 5.82 Å². The summed E-state index contributed by atoms with van der Waals surface area (Å²) in [7, 11) is 0. The minimum atomic E-state index is -0.879. The largest absolute Gasteiger partial charge is 0.338 e. The Morgan fingerprint density at radius 3 is 2.83 bits per heavy atom. The second kappa shape index (κ2) is 3.87. The molecule has 0 bridgehead atoms. The molecule has 2 heterocycles. The molecule has 1 aromatic heterocycles. The van der Waals surface area contributed by atoms with Crippen molar-refractivity contribution < 1.29 is 8.78 Å². The smallest absolute Gasteiger partial charge is 0.182 e. The van der Waals surface area contributed by atoms with Crippen molar-refractivity contribution in [2.45, 2.75) is 6.42 Å². The fourth-order valence-corrected chi connectivity index (χ4v) is 2.15. The summed E-state index contributed by atoms with van der Waals surface area (Å²) in [6, 6.07) is 5.95. The summed E-state index contributed by atoms with van der Waals surface area (Å²) in [5.74, 6) is 4.71. The number of anilines is 2. The van der Waals surface area contributed by atoms with Crippen LogP contribution in [0.3, 0.4) is 0 Å². The average molecular weight is 247 g/mol. The Kier molecular flexibility index (Phi) is 2.33. The molecule has 0 atom stereocenters. The minimum absolute atomic E-state index is 0.151. The molecule has 0 saturated carbocycles. The summed E-state index contributed by atoms with van der Waals surface area (Å²) in [5.41, 5.74) is 1.13. The molecule has 0 saturated heterocycles. The van der Waals surface area contributed by atoms with E-state index in [2.05, 4.69) is 0 Å². The zero-order chi connectivity index (χ0) is 12.7. The van der Waals surface area contributed by atoms with Gasteiger partial charge in [0.2, 0.25) is 0 Å². The maximum absolute atomic E-state index is 13.8. The SMILES string of the molecule is Nn1ccc2c1N(c1cccc(F)c1F)C=CC2. The molecule has 1 aliphatic heterocycles. The molecule has 0 amide bonds. The van der Waals surface area contributed by atoms with Crippen LogP contribution in [0.1, 0.15) is 5.56 Å². The zero-order valence-electron chi connectivity index (χ0n) is 9.48. The third-order valence-electron chi connectivity index (χ3n) is 2.98. The molecular weight excluding hydrogens is 236 g/mol. The van der Waals surface area contributed by atoms with Crippen LogP contribution in [0.4, 0.5) is 20.3 Å². The van der Waals surface area contributed by atoms with Gasteiger partial charge >= 0.3 is 0 Å². The Hall–Kier alpha value is -2.30. The van der Waals surface area contributed by atoms with E-state index in [4.69, 9.17) is 5.84 Å². The first-order chi connectivity index (χ1) is 8.68. The molecule has 3 rings (SSSR count). The molecule has 1 aliphatic rings. The summed E-state index contributed by atoms with van der Waals surface area (Å²) in [4.78, 5) is 1.55. The van der Waals surface area contributed by atoms with Crippen LogP contribution in [0, 0.1) is 11.6 Å². The lowest BCUT2D eigenvalue weighted by molar-refractivity contribution is 0.509. The van der Waals surface area contributed by atoms with Gasteiger partial charge < -0.3 is 5.84 Å². The second-order valence-electron chi connectivity index (χ2n) is 4.10. The molecule has 0 unspecified atom stereocenters. The number of hydrogen-bond acceptors (Lipinski definition) is 2. The molecule has 1 aromatic carbocycles. The maximum atomic E-state index is 13.8. The monoisotopic (exact) mass is 247 g/mol. The van der Waals surface area contributed by atoms with Crippen molar-refractivity contribution in [3.05, 3.63) is 59.9 Å². The van der Waals surface area contributed by atoms with Gasteiger partial charge in [-0.25, -0.2) is 8.78 Å². The molecule has 2 N–H and O–H groups in total. The summed E-state index contributed by atoms with van der Waals surface area (Å²) in [6.07, 6.45) is 6.01. The summed E-state index contributed by atoms with van der Waals surface area (Å²) in [5, 5.41) is 0. The van der Waals surface area contributed by atoms with Crippen LogP contribution in [0.5, 0.6) is 0 Å². The Balaban J connectivity index is 2.17. The summed E-state index contributed by atoms with van der Waals surface area (Å²) in [6.45, 7) is 0. The van der Waals surface area contributed by atoms with Gasteiger partial charge in [-0.15, -0.1) is 0 Å². The molecule has 3 nitrogen and oxygen atoms in total. The van der Waals surface area contributed by atoms with E-state index >= 15 is 0 Å². The van der Waals surface area contributed by atoms with Crippen molar-refractivity contribution in [3.63, 3.8) is 0 Å². The lowest BCUT2D eigenvalue weighted by atomic mass is 10.1. The second-order valence-corrected chi connectivity index (χ2v) is 4.10. The van der Waals surface area contributed by atoms with Crippen LogP contribution < -0.4 is 10.7 Å². The van der Waals surface area contributed by atoms with Crippen molar-refractivity contribution in [1.29, 1.82) is 0 Å². The molecule has 18 heavy (non-hydrogen) atoms. The number of aromatic nitrogens is 1. The van der Waals surface area contributed by atoms with Crippen LogP contribution in [0.15, 0.2) is 42.7 Å². The van der Waals surface area contributed by atoms with E-state index in [0.29, 0.717) is 5.82 Å². The highest BCUT2D eigenvalue weighted by atomic mass is 19.2. The fourth-order valence-electron chi connectivity index (χ4n) is 2.15. The van der Waals surface area contributed by atoms with Crippen LogP contribution in [0.2, 0.25) is 0 Å². The van der Waals surface area contributed by atoms with Crippen molar-refractivity contribution in [1.82, 2.24) is 4.68 Å². The first-order valence-corrected chi connectivity index (χ1v) is 5.53. The van der Waals surface area contributed by atoms with E-state index < -0.39 is 11.6 Å². The highest BCUT2D eigenvalue weighted by Gasteiger charge is 2.21. The highest BCUT2D eigenvalue weighted by molar-refractivity contribution is 5.69. The van der Waals surface area contributed by atoms with E-state index in [9.17, 15) is 8.78 Å². The van der Waals surface area contributed by atoms with Crippen LogP contribution in [0.25, 0.3) is 0 Å². The van der Waals surface area contributed by atoms with Gasteiger partial charge in [0.25, 0.3) is 0 Å². The van der Waals surface area contributed by atoms with Crippen molar-refractivity contribution in [2.75, 3.05) is 10.7 Å². The zero-order valence-corrected chi connectivity index (χ0v) is 9.48. The fraction of sp³-hybridized carbons (Fsp3) is 0.0769. The third-order valence-corrected chi connectivity index (χ3v) is 2.98. The highest BCUT2D eigenvalue weighted by Crippen LogP contribution is 2.34. The normalized spacial score (nSPS) is 13.8. The molecule has 92 valence electrons. The predicted molar refractivity (Wildman–Crippen MR) is 65.9 cm³/mol. The van der Waals surface area contributed by atoms with E-state index in [-0.39, 0.29) is 5.69 Å². The van der Waals surface area contributed by atoms with E-state index in [0.717, 1.165) is 18.1 Å². The molecule has 0 spiro atoms. The van der Waals surface area contributed by atoms with Crippen LogP contribution in [-0.2, 0) is 6.42 Å². The van der Waals surface area contributed by atoms with E-state index in [1.165, 1.54) is 16.8 Å². The Labute approximate surface area is 103 Å². The Bertz CT molecular complexity index is 631. The first kappa shape index (κ1) is 10.8. The number of nitrogens with zero attached hydrogens (tertiary/aromatic N) is 2. The van der Waals surface area contributed by atoms with E-state index in [1.54, 1.807) is 17.3 Å². The molecule has 5 heteroatoms. The van der Waals surface area contributed by atoms with Crippen molar-refractivity contribution in [3.8, 4) is 0 Å². The molecule has 0 radical (unpaired) electrons. The summed E-state index contributed by atoms with van der Waals surface area (Å²) < 4.78 is 28.5. The minimum Gasteiger partial charge on any atom is -0.338 e. The van der Waals surface area contributed by atoms with Crippen molar-refractivity contribution >= 4 is 11.5 Å².